The number of hydrogen-bond acceptors (Lipinski definition) is 6. The summed E-state index contributed by atoms with van der Waals surface area (Å²) in [4.78, 5) is 19.4. The number of nitrogens with zero attached hydrogens (tertiary/aromatic N) is 4. The van der Waals surface area contributed by atoms with Crippen molar-refractivity contribution < 1.29 is 17.9 Å². The van der Waals surface area contributed by atoms with Crippen LogP contribution < -0.4 is 9.64 Å². The van der Waals surface area contributed by atoms with Crippen LogP contribution in [0.4, 0.5) is 5.69 Å². The fraction of sp³-hybridized carbons (Fsp3) is 0.435. The molecular formula is C23H30N4O4S. The molecule has 32 heavy (non-hydrogen) atoms. The first-order valence-corrected chi connectivity index (χ1v) is 12.3. The summed E-state index contributed by atoms with van der Waals surface area (Å²) in [5, 5.41) is 0. The van der Waals surface area contributed by atoms with E-state index >= 15 is 0 Å². The van der Waals surface area contributed by atoms with E-state index in [4.69, 9.17) is 4.74 Å². The molecule has 0 saturated carbocycles. The average Bonchev–Trinajstić information content (AvgIpc) is 2.84. The quantitative estimate of drug-likeness (QED) is 0.678. The molecule has 0 bridgehead atoms. The van der Waals surface area contributed by atoms with Crippen LogP contribution in [0.25, 0.3) is 0 Å². The highest BCUT2D eigenvalue weighted by molar-refractivity contribution is 7.89. The molecule has 0 aliphatic carbocycles. The molecule has 2 aromatic rings. The van der Waals surface area contributed by atoms with Gasteiger partial charge in [0.2, 0.25) is 10.0 Å². The van der Waals surface area contributed by atoms with Crippen molar-refractivity contribution in [2.75, 3.05) is 71.4 Å². The van der Waals surface area contributed by atoms with Gasteiger partial charge in [-0.05, 0) is 37.4 Å². The number of carbonyl (C=O) groups is 1. The third-order valence-corrected chi connectivity index (χ3v) is 8.07. The van der Waals surface area contributed by atoms with E-state index in [2.05, 4.69) is 9.80 Å². The van der Waals surface area contributed by atoms with Crippen molar-refractivity contribution in [2.24, 2.45) is 0 Å². The SMILES string of the molecule is COc1ccccc1N1CCN(C(=O)c2cccc(S(=O)(=O)N3CCN(C)CC3)c2)CC1. The molecule has 2 aliphatic heterocycles. The van der Waals surface area contributed by atoms with Gasteiger partial charge in [0.15, 0.2) is 0 Å². The van der Waals surface area contributed by atoms with Crippen LogP contribution in [0.3, 0.4) is 0 Å². The largest absolute Gasteiger partial charge is 0.495 e. The summed E-state index contributed by atoms with van der Waals surface area (Å²) in [7, 11) is 0.0267. The first-order valence-electron chi connectivity index (χ1n) is 10.9. The lowest BCUT2D eigenvalue weighted by Gasteiger charge is -2.36. The van der Waals surface area contributed by atoms with E-state index in [1.54, 1.807) is 30.2 Å². The van der Waals surface area contributed by atoms with Crippen LogP contribution in [0, 0.1) is 0 Å². The third kappa shape index (κ3) is 4.60. The molecule has 1 amide bonds. The van der Waals surface area contributed by atoms with Gasteiger partial charge < -0.3 is 19.4 Å². The maximum atomic E-state index is 13.1. The second kappa shape index (κ2) is 9.48. The van der Waals surface area contributed by atoms with Crippen LogP contribution in [0.1, 0.15) is 10.4 Å². The number of amides is 1. The van der Waals surface area contributed by atoms with Crippen LogP contribution in [0.5, 0.6) is 5.75 Å². The van der Waals surface area contributed by atoms with Gasteiger partial charge in [-0.15, -0.1) is 0 Å². The first-order chi connectivity index (χ1) is 15.4. The summed E-state index contributed by atoms with van der Waals surface area (Å²) < 4.78 is 33.1. The van der Waals surface area contributed by atoms with Crippen molar-refractivity contribution in [3.63, 3.8) is 0 Å². The van der Waals surface area contributed by atoms with Gasteiger partial charge in [-0.25, -0.2) is 8.42 Å². The van der Waals surface area contributed by atoms with Gasteiger partial charge in [-0.1, -0.05) is 18.2 Å². The van der Waals surface area contributed by atoms with Crippen LogP contribution in [-0.4, -0.2) is 94.9 Å². The molecule has 4 rings (SSSR count). The highest BCUT2D eigenvalue weighted by Gasteiger charge is 2.29. The minimum absolute atomic E-state index is 0.139. The molecule has 2 fully saturated rings. The molecule has 9 heteroatoms. The summed E-state index contributed by atoms with van der Waals surface area (Å²) in [5.74, 6) is 0.675. The minimum Gasteiger partial charge on any atom is -0.495 e. The molecule has 2 heterocycles. The van der Waals surface area contributed by atoms with Crippen molar-refractivity contribution in [3.8, 4) is 5.75 Å². The molecule has 2 aromatic carbocycles. The van der Waals surface area contributed by atoms with Gasteiger partial charge in [0, 0.05) is 57.9 Å². The van der Waals surface area contributed by atoms with Crippen molar-refractivity contribution in [3.05, 3.63) is 54.1 Å². The highest BCUT2D eigenvalue weighted by Crippen LogP contribution is 2.28. The highest BCUT2D eigenvalue weighted by atomic mass is 32.2. The number of anilines is 1. The topological polar surface area (TPSA) is 73.4 Å². The van der Waals surface area contributed by atoms with E-state index in [0.29, 0.717) is 57.9 Å². The summed E-state index contributed by atoms with van der Waals surface area (Å²) in [6.07, 6.45) is 0. The number of ether oxygens (including phenoxy) is 1. The zero-order chi connectivity index (χ0) is 22.7. The number of sulfonamides is 1. The van der Waals surface area contributed by atoms with Gasteiger partial charge in [0.05, 0.1) is 17.7 Å². The fourth-order valence-corrected chi connectivity index (χ4v) is 5.66. The lowest BCUT2D eigenvalue weighted by atomic mass is 10.1. The Hall–Kier alpha value is -2.62. The fourth-order valence-electron chi connectivity index (χ4n) is 4.19. The number of hydrogen-bond donors (Lipinski definition) is 0. The van der Waals surface area contributed by atoms with E-state index in [0.717, 1.165) is 11.4 Å². The van der Waals surface area contributed by atoms with Gasteiger partial charge in [0.1, 0.15) is 5.75 Å². The van der Waals surface area contributed by atoms with Gasteiger partial charge in [0.25, 0.3) is 5.91 Å². The Kier molecular flexibility index (Phi) is 6.68. The van der Waals surface area contributed by atoms with Gasteiger partial charge >= 0.3 is 0 Å². The maximum Gasteiger partial charge on any atom is 0.254 e. The van der Waals surface area contributed by atoms with Crippen molar-refractivity contribution in [1.82, 2.24) is 14.1 Å². The molecule has 0 N–H and O–H groups in total. The Bertz CT molecular complexity index is 1060. The molecule has 0 aromatic heterocycles. The predicted molar refractivity (Wildman–Crippen MR) is 124 cm³/mol. The molecule has 0 unspecified atom stereocenters. The zero-order valence-corrected chi connectivity index (χ0v) is 19.4. The van der Waals surface area contributed by atoms with Crippen LogP contribution in [0.2, 0.25) is 0 Å². The Balaban J connectivity index is 1.44. The standard InChI is InChI=1S/C23H30N4O4S/c1-24-10-16-27(17-11-24)32(29,30)20-7-5-6-19(18-20)23(28)26-14-12-25(13-15-26)21-8-3-4-9-22(21)31-2/h3-9,18H,10-17H2,1-2H3. The normalized spacial score (nSPS) is 18.6. The first kappa shape index (κ1) is 22.6. The van der Waals surface area contributed by atoms with E-state index < -0.39 is 10.0 Å². The van der Waals surface area contributed by atoms with Crippen LogP contribution in [-0.2, 0) is 10.0 Å². The van der Waals surface area contributed by atoms with E-state index in [-0.39, 0.29) is 10.8 Å². The Morgan fingerprint density at radius 1 is 0.875 bits per heavy atom. The van der Waals surface area contributed by atoms with Crippen LogP contribution >= 0.6 is 0 Å². The number of para-hydroxylation sites is 2. The number of rotatable bonds is 5. The average molecular weight is 459 g/mol. The van der Waals surface area contributed by atoms with Crippen LogP contribution in [0.15, 0.2) is 53.4 Å². The maximum absolute atomic E-state index is 13.1. The molecule has 8 nitrogen and oxygen atoms in total. The Labute approximate surface area is 190 Å². The summed E-state index contributed by atoms with van der Waals surface area (Å²) in [6, 6.07) is 14.3. The second-order valence-electron chi connectivity index (χ2n) is 8.19. The molecule has 2 aliphatic rings. The second-order valence-corrected chi connectivity index (χ2v) is 10.1. The Morgan fingerprint density at radius 2 is 1.56 bits per heavy atom. The molecule has 0 atom stereocenters. The molecule has 172 valence electrons. The Morgan fingerprint density at radius 3 is 2.25 bits per heavy atom. The van der Waals surface area contributed by atoms with Crippen molar-refractivity contribution in [2.45, 2.75) is 4.90 Å². The molecule has 0 radical (unpaired) electrons. The predicted octanol–water partition coefficient (Wildman–Crippen LogP) is 1.59. The van der Waals surface area contributed by atoms with Gasteiger partial charge in [-0.2, -0.15) is 4.31 Å². The van der Waals surface area contributed by atoms with E-state index in [9.17, 15) is 13.2 Å². The van der Waals surface area contributed by atoms with E-state index in [1.165, 1.54) is 10.4 Å². The summed E-state index contributed by atoms with van der Waals surface area (Å²) in [5.41, 5.74) is 1.42. The number of benzene rings is 2. The number of methoxy groups -OCH3 is 1. The molecule has 2 saturated heterocycles. The summed E-state index contributed by atoms with van der Waals surface area (Å²) >= 11 is 0. The molecular weight excluding hydrogens is 428 g/mol. The minimum atomic E-state index is -3.61. The smallest absolute Gasteiger partial charge is 0.254 e. The third-order valence-electron chi connectivity index (χ3n) is 6.17. The summed E-state index contributed by atoms with van der Waals surface area (Å²) in [6.45, 7) is 4.82. The number of carbonyl (C=O) groups excluding carboxylic acids is 1. The lowest BCUT2D eigenvalue weighted by molar-refractivity contribution is 0.0746. The lowest BCUT2D eigenvalue weighted by Crippen LogP contribution is -2.49. The van der Waals surface area contributed by atoms with Crippen molar-refractivity contribution in [1.29, 1.82) is 0 Å². The number of likely N-dealkylation sites (N-methyl/N-ethyl adjacent to an activating group) is 1. The van der Waals surface area contributed by atoms with Gasteiger partial charge in [-0.3, -0.25) is 4.79 Å². The van der Waals surface area contributed by atoms with Crippen molar-refractivity contribution >= 4 is 21.6 Å². The number of piperazine rings is 2. The monoisotopic (exact) mass is 458 g/mol. The molecule has 0 spiro atoms. The van der Waals surface area contributed by atoms with E-state index in [1.807, 2.05) is 31.3 Å². The zero-order valence-electron chi connectivity index (χ0n) is 18.6.